The summed E-state index contributed by atoms with van der Waals surface area (Å²) in [5.41, 5.74) is 12.3. The lowest BCUT2D eigenvalue weighted by Crippen LogP contribution is -1.92. The van der Waals surface area contributed by atoms with Crippen LogP contribution in [-0.2, 0) is 0 Å². The second-order valence-electron chi connectivity index (χ2n) is 9.94. The van der Waals surface area contributed by atoms with E-state index < -0.39 is 0 Å². The Hall–Kier alpha value is -4.88. The Bertz CT molecular complexity index is 1890. The molecule has 0 aliphatic rings. The molecule has 7 aromatic rings. The van der Waals surface area contributed by atoms with E-state index in [1.807, 2.05) is 0 Å². The number of fused-ring (bicyclic) bond motifs is 3. The third kappa shape index (κ3) is 3.90. The lowest BCUT2D eigenvalue weighted by Gasteiger charge is -2.09. The van der Waals surface area contributed by atoms with Crippen molar-refractivity contribution in [3.63, 3.8) is 0 Å². The summed E-state index contributed by atoms with van der Waals surface area (Å²) in [6, 6.07) is 52.6. The molecule has 0 bridgehead atoms. The summed E-state index contributed by atoms with van der Waals surface area (Å²) >= 11 is 0. The van der Waals surface area contributed by atoms with Gasteiger partial charge in [-0.3, -0.25) is 0 Å². The second kappa shape index (κ2) is 9.21. The average molecular weight is 486 g/mol. The summed E-state index contributed by atoms with van der Waals surface area (Å²) in [5, 5.41) is 2.55. The standard InChI is InChI=1S/C37H27N/c1-26-14-16-27(17-15-26)30-8-7-9-31(24-30)28-18-20-29(21-19-28)32-22-23-37-35(25-32)34-12-5-6-13-36(34)38(37)33-10-3-2-4-11-33/h2-25H,1H3. The maximum Gasteiger partial charge on any atom is 0.0541 e. The molecule has 1 nitrogen and oxygen atoms in total. The smallest absolute Gasteiger partial charge is 0.0541 e. The van der Waals surface area contributed by atoms with Crippen LogP contribution < -0.4 is 0 Å². The minimum atomic E-state index is 1.18. The van der Waals surface area contributed by atoms with E-state index in [1.54, 1.807) is 0 Å². The van der Waals surface area contributed by atoms with Crippen LogP contribution >= 0.6 is 0 Å². The van der Waals surface area contributed by atoms with Gasteiger partial charge in [0.1, 0.15) is 0 Å². The lowest BCUT2D eigenvalue weighted by molar-refractivity contribution is 1.18. The fourth-order valence-corrected chi connectivity index (χ4v) is 5.49. The molecule has 0 aliphatic heterocycles. The van der Waals surface area contributed by atoms with Crippen molar-refractivity contribution >= 4 is 21.8 Å². The molecule has 6 aromatic carbocycles. The van der Waals surface area contributed by atoms with Gasteiger partial charge in [-0.2, -0.15) is 0 Å². The molecule has 180 valence electrons. The van der Waals surface area contributed by atoms with Crippen molar-refractivity contribution in [1.82, 2.24) is 4.57 Å². The Labute approximate surface area is 223 Å². The van der Waals surface area contributed by atoms with E-state index in [-0.39, 0.29) is 0 Å². The first-order valence-corrected chi connectivity index (χ1v) is 13.1. The van der Waals surface area contributed by atoms with Crippen LogP contribution in [0.5, 0.6) is 0 Å². The highest BCUT2D eigenvalue weighted by Gasteiger charge is 2.13. The van der Waals surface area contributed by atoms with Gasteiger partial charge in [0.2, 0.25) is 0 Å². The van der Waals surface area contributed by atoms with E-state index in [9.17, 15) is 0 Å². The molecular weight excluding hydrogens is 458 g/mol. The number of benzene rings is 6. The average Bonchev–Trinajstić information content (AvgIpc) is 3.32. The van der Waals surface area contributed by atoms with Crippen LogP contribution in [0.1, 0.15) is 5.56 Å². The van der Waals surface area contributed by atoms with E-state index in [0.29, 0.717) is 0 Å². The molecular formula is C37H27N. The zero-order chi connectivity index (χ0) is 25.5. The van der Waals surface area contributed by atoms with E-state index in [1.165, 1.54) is 66.4 Å². The fraction of sp³-hybridized carbons (Fsp3) is 0.0270. The van der Waals surface area contributed by atoms with Crippen LogP contribution in [0.2, 0.25) is 0 Å². The molecule has 0 spiro atoms. The van der Waals surface area contributed by atoms with Crippen molar-refractivity contribution < 1.29 is 0 Å². The topological polar surface area (TPSA) is 4.93 Å². The summed E-state index contributed by atoms with van der Waals surface area (Å²) in [6.45, 7) is 2.13. The number of nitrogens with zero attached hydrogens (tertiary/aromatic N) is 1. The molecule has 38 heavy (non-hydrogen) atoms. The highest BCUT2D eigenvalue weighted by atomic mass is 15.0. The van der Waals surface area contributed by atoms with Crippen molar-refractivity contribution in [3.8, 4) is 39.1 Å². The van der Waals surface area contributed by atoms with Crippen molar-refractivity contribution in [1.29, 1.82) is 0 Å². The Balaban J connectivity index is 1.27. The van der Waals surface area contributed by atoms with Crippen LogP contribution in [0.3, 0.4) is 0 Å². The predicted octanol–water partition coefficient (Wildman–Crippen LogP) is 10.1. The first-order chi connectivity index (χ1) is 18.7. The molecule has 0 saturated carbocycles. The van der Waals surface area contributed by atoms with Gasteiger partial charge in [-0.1, -0.05) is 115 Å². The van der Waals surface area contributed by atoms with Gasteiger partial charge in [-0.25, -0.2) is 0 Å². The van der Waals surface area contributed by atoms with Gasteiger partial charge in [0.25, 0.3) is 0 Å². The SMILES string of the molecule is Cc1ccc(-c2cccc(-c3ccc(-c4ccc5c(c4)c4ccccc4n5-c4ccccc4)cc3)c2)cc1. The fourth-order valence-electron chi connectivity index (χ4n) is 5.49. The normalized spacial score (nSPS) is 11.3. The molecule has 1 heteroatoms. The Kier molecular flexibility index (Phi) is 5.41. The van der Waals surface area contributed by atoms with Gasteiger partial charge < -0.3 is 4.57 Å². The third-order valence-electron chi connectivity index (χ3n) is 7.49. The molecule has 0 fully saturated rings. The number of aryl methyl sites for hydroxylation is 1. The van der Waals surface area contributed by atoms with Crippen molar-refractivity contribution in [2.75, 3.05) is 0 Å². The van der Waals surface area contributed by atoms with E-state index >= 15 is 0 Å². The summed E-state index contributed by atoms with van der Waals surface area (Å²) in [5.74, 6) is 0. The first kappa shape index (κ1) is 22.3. The maximum atomic E-state index is 2.36. The number of hydrogen-bond donors (Lipinski definition) is 0. The Morgan fingerprint density at radius 2 is 0.895 bits per heavy atom. The number of rotatable bonds is 4. The number of para-hydroxylation sites is 2. The van der Waals surface area contributed by atoms with Gasteiger partial charge in [0.05, 0.1) is 11.0 Å². The summed E-state index contributed by atoms with van der Waals surface area (Å²) in [4.78, 5) is 0. The highest BCUT2D eigenvalue weighted by Crippen LogP contribution is 2.35. The lowest BCUT2D eigenvalue weighted by atomic mass is 9.96. The largest absolute Gasteiger partial charge is 0.309 e. The van der Waals surface area contributed by atoms with Crippen LogP contribution in [-0.4, -0.2) is 4.57 Å². The van der Waals surface area contributed by atoms with Crippen LogP contribution in [0, 0.1) is 6.92 Å². The van der Waals surface area contributed by atoms with Gasteiger partial charge >= 0.3 is 0 Å². The van der Waals surface area contributed by atoms with Gasteiger partial charge in [0.15, 0.2) is 0 Å². The Morgan fingerprint density at radius 3 is 1.58 bits per heavy atom. The van der Waals surface area contributed by atoms with Crippen LogP contribution in [0.15, 0.2) is 146 Å². The van der Waals surface area contributed by atoms with E-state index in [4.69, 9.17) is 0 Å². The molecule has 0 unspecified atom stereocenters. The van der Waals surface area contributed by atoms with Gasteiger partial charge in [-0.05, 0) is 76.7 Å². The molecule has 0 amide bonds. The zero-order valence-electron chi connectivity index (χ0n) is 21.3. The maximum absolute atomic E-state index is 2.36. The molecule has 0 saturated heterocycles. The third-order valence-corrected chi connectivity index (χ3v) is 7.49. The molecule has 0 radical (unpaired) electrons. The summed E-state index contributed by atoms with van der Waals surface area (Å²) in [7, 11) is 0. The number of hydrogen-bond acceptors (Lipinski definition) is 0. The van der Waals surface area contributed by atoms with E-state index in [2.05, 4.69) is 157 Å². The van der Waals surface area contributed by atoms with Crippen molar-refractivity contribution in [3.05, 3.63) is 151 Å². The molecule has 0 aliphatic carbocycles. The second-order valence-corrected chi connectivity index (χ2v) is 9.94. The molecule has 0 atom stereocenters. The summed E-state index contributed by atoms with van der Waals surface area (Å²) in [6.07, 6.45) is 0. The predicted molar refractivity (Wildman–Crippen MR) is 162 cm³/mol. The minimum absolute atomic E-state index is 1.18. The molecule has 1 aromatic heterocycles. The number of aromatic nitrogens is 1. The van der Waals surface area contributed by atoms with Gasteiger partial charge in [0, 0.05) is 16.5 Å². The molecule has 7 rings (SSSR count). The van der Waals surface area contributed by atoms with Crippen LogP contribution in [0.4, 0.5) is 0 Å². The highest BCUT2D eigenvalue weighted by molar-refractivity contribution is 6.10. The van der Waals surface area contributed by atoms with Crippen molar-refractivity contribution in [2.45, 2.75) is 6.92 Å². The first-order valence-electron chi connectivity index (χ1n) is 13.1. The quantitative estimate of drug-likeness (QED) is 0.234. The van der Waals surface area contributed by atoms with Crippen molar-refractivity contribution in [2.24, 2.45) is 0 Å². The zero-order valence-corrected chi connectivity index (χ0v) is 21.3. The molecule has 0 N–H and O–H groups in total. The summed E-state index contributed by atoms with van der Waals surface area (Å²) < 4.78 is 2.36. The Morgan fingerprint density at radius 1 is 0.368 bits per heavy atom. The molecule has 1 heterocycles. The van der Waals surface area contributed by atoms with Crippen LogP contribution in [0.25, 0.3) is 60.9 Å². The van der Waals surface area contributed by atoms with E-state index in [0.717, 1.165) is 0 Å². The monoisotopic (exact) mass is 485 g/mol. The minimum Gasteiger partial charge on any atom is -0.309 e. The van der Waals surface area contributed by atoms with Gasteiger partial charge in [-0.15, -0.1) is 0 Å².